The second kappa shape index (κ2) is 7.15. The molecule has 158 valence electrons. The van der Waals surface area contributed by atoms with Crippen LogP contribution >= 0.6 is 0 Å². The van der Waals surface area contributed by atoms with E-state index in [9.17, 15) is 14.7 Å². The molecular weight excluding hydrogens is 370 g/mol. The molecule has 4 saturated carbocycles. The molecule has 5 aliphatic rings. The van der Waals surface area contributed by atoms with Gasteiger partial charge in [0.1, 0.15) is 5.76 Å². The van der Waals surface area contributed by atoms with Crippen LogP contribution in [-0.2, 0) is 14.9 Å². The summed E-state index contributed by atoms with van der Waals surface area (Å²) >= 11 is 0. The number of ether oxygens (including phenoxy) is 1. The van der Waals surface area contributed by atoms with Crippen LogP contribution in [0.25, 0.3) is 0 Å². The van der Waals surface area contributed by atoms with E-state index in [1.807, 2.05) is 0 Å². The van der Waals surface area contributed by atoms with E-state index in [0.29, 0.717) is 43.7 Å². The van der Waals surface area contributed by atoms with Crippen LogP contribution in [0.5, 0.6) is 5.75 Å². The molecule has 0 radical (unpaired) electrons. The summed E-state index contributed by atoms with van der Waals surface area (Å²) in [7, 11) is 0. The van der Waals surface area contributed by atoms with Crippen LogP contribution in [0.1, 0.15) is 62.9 Å². The number of carbonyl (C=O) groups is 1. The molecule has 0 spiro atoms. The van der Waals surface area contributed by atoms with Gasteiger partial charge in [-0.15, -0.1) is 0 Å². The minimum Gasteiger partial charge on any atom is -0.502 e. The van der Waals surface area contributed by atoms with E-state index in [1.54, 1.807) is 6.92 Å². The lowest BCUT2D eigenvalue weighted by Gasteiger charge is -2.54. The Morgan fingerprint density at radius 1 is 1.14 bits per heavy atom. The average Bonchev–Trinajstić information content (AvgIpc) is 2.67. The first kappa shape index (κ1) is 19.2. The highest BCUT2D eigenvalue weighted by molar-refractivity contribution is 5.78. The number of aryl methyl sites for hydroxylation is 1. The minimum atomic E-state index is -0.691. The lowest BCUT2D eigenvalue weighted by atomic mass is 9.54. The van der Waals surface area contributed by atoms with Crippen molar-refractivity contribution in [1.29, 1.82) is 0 Å². The van der Waals surface area contributed by atoms with Crippen molar-refractivity contribution in [1.82, 2.24) is 5.32 Å². The largest absolute Gasteiger partial charge is 0.502 e. The fourth-order valence-corrected chi connectivity index (χ4v) is 6.91. The minimum absolute atomic E-state index is 0.00734. The molecule has 4 aliphatic carbocycles. The van der Waals surface area contributed by atoms with Gasteiger partial charge in [0.25, 0.3) is 0 Å². The van der Waals surface area contributed by atoms with Gasteiger partial charge in [-0.2, -0.15) is 0 Å². The van der Waals surface area contributed by atoms with Gasteiger partial charge in [0.15, 0.2) is 5.76 Å². The Morgan fingerprint density at radius 3 is 2.38 bits per heavy atom. The quantitative estimate of drug-likeness (QED) is 0.810. The lowest BCUT2D eigenvalue weighted by molar-refractivity contribution is -0.127. The van der Waals surface area contributed by atoms with Crippen LogP contribution in [0.3, 0.4) is 0 Å². The van der Waals surface area contributed by atoms with Gasteiger partial charge in [-0.1, -0.05) is 0 Å². The van der Waals surface area contributed by atoms with E-state index in [2.05, 4.69) is 5.32 Å². The Kier molecular flexibility index (Phi) is 4.72. The molecule has 2 heterocycles. The Bertz CT molecular complexity index is 825. The fourth-order valence-electron chi connectivity index (χ4n) is 6.91. The van der Waals surface area contributed by atoms with Crippen LogP contribution in [-0.4, -0.2) is 30.3 Å². The highest BCUT2D eigenvalue weighted by Crippen LogP contribution is 2.54. The van der Waals surface area contributed by atoms with Gasteiger partial charge >= 0.3 is 0 Å². The summed E-state index contributed by atoms with van der Waals surface area (Å²) < 4.78 is 11.4. The van der Waals surface area contributed by atoms with Crippen LogP contribution in [0, 0.1) is 30.6 Å². The molecule has 6 rings (SSSR count). The summed E-state index contributed by atoms with van der Waals surface area (Å²) in [6.45, 7) is 2.68. The zero-order chi connectivity index (χ0) is 20.2. The first-order chi connectivity index (χ1) is 13.9. The van der Waals surface area contributed by atoms with Crippen molar-refractivity contribution in [3.8, 4) is 5.75 Å². The lowest BCUT2D eigenvalue weighted by Crippen LogP contribution is -2.56. The number of amides is 1. The maximum absolute atomic E-state index is 13.2. The molecule has 1 amide bonds. The van der Waals surface area contributed by atoms with E-state index < -0.39 is 10.8 Å². The van der Waals surface area contributed by atoms with E-state index >= 15 is 0 Å². The zero-order valence-corrected chi connectivity index (χ0v) is 17.1. The summed E-state index contributed by atoms with van der Waals surface area (Å²) in [5, 5.41) is 13.8. The first-order valence-corrected chi connectivity index (χ1v) is 11.1. The van der Waals surface area contributed by atoms with Crippen LogP contribution in [0.2, 0.25) is 0 Å². The molecule has 1 aliphatic heterocycles. The van der Waals surface area contributed by atoms with Crippen LogP contribution < -0.4 is 10.7 Å². The molecule has 1 aromatic heterocycles. The number of aromatic hydroxyl groups is 1. The second-order valence-corrected chi connectivity index (χ2v) is 9.99. The summed E-state index contributed by atoms with van der Waals surface area (Å²) in [6.07, 6.45) is 7.75. The molecule has 2 N–H and O–H groups in total. The molecule has 0 aromatic carbocycles. The number of nitrogens with one attached hydrogen (secondary N) is 1. The normalized spacial score (nSPS) is 34.9. The third-order valence-electron chi connectivity index (χ3n) is 8.03. The van der Waals surface area contributed by atoms with Gasteiger partial charge in [0.2, 0.25) is 17.1 Å². The maximum Gasteiger partial charge on any atom is 0.227 e. The molecule has 0 unspecified atom stereocenters. The highest BCUT2D eigenvalue weighted by Gasteiger charge is 2.49. The predicted octanol–water partition coefficient (Wildman–Crippen LogP) is 3.03. The predicted molar refractivity (Wildman–Crippen MR) is 107 cm³/mol. The third kappa shape index (κ3) is 3.39. The van der Waals surface area contributed by atoms with E-state index in [0.717, 1.165) is 11.8 Å². The second-order valence-electron chi connectivity index (χ2n) is 9.99. The van der Waals surface area contributed by atoms with Crippen LogP contribution in [0.15, 0.2) is 15.3 Å². The van der Waals surface area contributed by atoms with Gasteiger partial charge in [-0.25, -0.2) is 0 Å². The number of rotatable bonds is 4. The van der Waals surface area contributed by atoms with Gasteiger partial charge in [-0.3, -0.25) is 9.59 Å². The summed E-state index contributed by atoms with van der Waals surface area (Å²) in [5.41, 5.74) is -1.14. The average molecular weight is 402 g/mol. The highest BCUT2D eigenvalue weighted by atomic mass is 16.5. The number of carbonyl (C=O) groups excluding carboxylic acids is 1. The third-order valence-corrected chi connectivity index (χ3v) is 8.03. The number of hydrogen-bond donors (Lipinski definition) is 2. The summed E-state index contributed by atoms with van der Waals surface area (Å²) in [5.74, 6) is 3.32. The molecule has 6 heteroatoms. The van der Waals surface area contributed by atoms with E-state index in [-0.39, 0.29) is 29.9 Å². The molecular formula is C23H31NO5. The van der Waals surface area contributed by atoms with Crippen LogP contribution in [0.4, 0.5) is 0 Å². The van der Waals surface area contributed by atoms with Crippen molar-refractivity contribution < 1.29 is 19.1 Å². The molecule has 6 nitrogen and oxygen atoms in total. The van der Waals surface area contributed by atoms with Crippen molar-refractivity contribution in [2.75, 3.05) is 13.2 Å². The van der Waals surface area contributed by atoms with Crippen molar-refractivity contribution >= 4 is 5.91 Å². The Labute approximate surface area is 171 Å². The van der Waals surface area contributed by atoms with Gasteiger partial charge in [0, 0.05) is 37.2 Å². The van der Waals surface area contributed by atoms with Gasteiger partial charge in [-0.05, 0) is 75.5 Å². The first-order valence-electron chi connectivity index (χ1n) is 11.1. The molecule has 4 bridgehead atoms. The smallest absolute Gasteiger partial charge is 0.227 e. The van der Waals surface area contributed by atoms with Gasteiger partial charge in [0.05, 0.1) is 0 Å². The molecule has 1 saturated heterocycles. The van der Waals surface area contributed by atoms with Crippen molar-refractivity contribution in [3.05, 3.63) is 27.8 Å². The SMILES string of the molecule is Cc1cc(=O)c(O)c(C2(CC(=O)NC3C4CC5CC(C4)CC3C5)CCOCC2)o1. The Hall–Kier alpha value is -1.82. The fraction of sp³-hybridized carbons (Fsp3) is 0.739. The topological polar surface area (TPSA) is 88.8 Å². The Balaban J connectivity index is 1.38. The zero-order valence-electron chi connectivity index (χ0n) is 17.1. The Morgan fingerprint density at radius 2 is 1.76 bits per heavy atom. The monoisotopic (exact) mass is 401 g/mol. The van der Waals surface area contributed by atoms with E-state index in [1.165, 1.54) is 38.2 Å². The number of hydrogen-bond acceptors (Lipinski definition) is 5. The van der Waals surface area contributed by atoms with Crippen molar-refractivity contribution in [3.63, 3.8) is 0 Å². The van der Waals surface area contributed by atoms with Crippen molar-refractivity contribution in [2.24, 2.45) is 23.7 Å². The maximum atomic E-state index is 13.2. The standard InChI is InChI=1S/C23H31NO5/c1-13-6-18(25)21(27)22(29-13)23(2-4-28-5-3-23)12-19(26)24-20-16-8-14-7-15(10-16)11-17(20)9-14/h6,14-17,20,27H,2-5,7-12H2,1H3,(H,24,26). The van der Waals surface area contributed by atoms with E-state index in [4.69, 9.17) is 9.15 Å². The molecule has 5 fully saturated rings. The molecule has 0 atom stereocenters. The van der Waals surface area contributed by atoms with Crippen molar-refractivity contribution in [2.45, 2.75) is 69.7 Å². The molecule has 1 aromatic rings. The molecule has 29 heavy (non-hydrogen) atoms. The summed E-state index contributed by atoms with van der Waals surface area (Å²) in [6, 6.07) is 1.57. The summed E-state index contributed by atoms with van der Waals surface area (Å²) in [4.78, 5) is 25.4. The van der Waals surface area contributed by atoms with Gasteiger partial charge < -0.3 is 19.6 Å².